The average molecular weight is 214 g/mol. The molecule has 0 spiro atoms. The SMILES string of the molecule is Fc1ccccc1SCC=CCS. The van der Waals surface area contributed by atoms with Crippen molar-refractivity contribution in [2.45, 2.75) is 4.90 Å². The summed E-state index contributed by atoms with van der Waals surface area (Å²) in [4.78, 5) is 0.700. The number of thiol groups is 1. The van der Waals surface area contributed by atoms with Crippen molar-refractivity contribution >= 4 is 24.4 Å². The van der Waals surface area contributed by atoms with Gasteiger partial charge in [0.15, 0.2) is 0 Å². The molecule has 0 radical (unpaired) electrons. The third-order valence-electron chi connectivity index (χ3n) is 1.44. The van der Waals surface area contributed by atoms with Crippen LogP contribution in [0.4, 0.5) is 4.39 Å². The van der Waals surface area contributed by atoms with E-state index in [-0.39, 0.29) is 5.82 Å². The van der Waals surface area contributed by atoms with E-state index < -0.39 is 0 Å². The summed E-state index contributed by atoms with van der Waals surface area (Å²) >= 11 is 5.52. The van der Waals surface area contributed by atoms with E-state index in [4.69, 9.17) is 0 Å². The predicted octanol–water partition coefficient (Wildman–Crippen LogP) is 3.40. The second-order valence-electron chi connectivity index (χ2n) is 2.40. The summed E-state index contributed by atoms with van der Waals surface area (Å²) in [6.07, 6.45) is 3.95. The van der Waals surface area contributed by atoms with E-state index in [1.165, 1.54) is 17.8 Å². The second-order valence-corrected chi connectivity index (χ2v) is 3.82. The van der Waals surface area contributed by atoms with Crippen LogP contribution in [0.5, 0.6) is 0 Å². The van der Waals surface area contributed by atoms with Crippen molar-refractivity contribution in [1.29, 1.82) is 0 Å². The molecule has 0 saturated heterocycles. The second kappa shape index (κ2) is 6.11. The van der Waals surface area contributed by atoms with Crippen molar-refractivity contribution in [2.75, 3.05) is 11.5 Å². The Kier molecular flexibility index (Phi) is 5.01. The number of hydrogen-bond acceptors (Lipinski definition) is 2. The Morgan fingerprint density at radius 3 is 2.77 bits per heavy atom. The first-order valence-electron chi connectivity index (χ1n) is 3.98. The number of hydrogen-bond donors (Lipinski definition) is 1. The van der Waals surface area contributed by atoms with Crippen molar-refractivity contribution in [3.05, 3.63) is 42.2 Å². The zero-order valence-corrected chi connectivity index (χ0v) is 8.82. The molecular formula is C10H11FS2. The molecule has 0 saturated carbocycles. The molecule has 0 aliphatic heterocycles. The van der Waals surface area contributed by atoms with Crippen LogP contribution in [0.3, 0.4) is 0 Å². The van der Waals surface area contributed by atoms with E-state index >= 15 is 0 Å². The van der Waals surface area contributed by atoms with Crippen molar-refractivity contribution < 1.29 is 4.39 Å². The van der Waals surface area contributed by atoms with Crippen LogP contribution in [0.25, 0.3) is 0 Å². The minimum Gasteiger partial charge on any atom is -0.206 e. The van der Waals surface area contributed by atoms with E-state index in [1.807, 2.05) is 18.2 Å². The Morgan fingerprint density at radius 1 is 1.31 bits per heavy atom. The number of rotatable bonds is 4. The molecule has 0 heterocycles. The Morgan fingerprint density at radius 2 is 2.08 bits per heavy atom. The van der Waals surface area contributed by atoms with Crippen LogP contribution in [-0.4, -0.2) is 11.5 Å². The number of thioether (sulfide) groups is 1. The molecule has 0 amide bonds. The molecule has 0 fully saturated rings. The number of halogens is 1. The van der Waals surface area contributed by atoms with Gasteiger partial charge < -0.3 is 0 Å². The first-order valence-corrected chi connectivity index (χ1v) is 5.59. The maximum Gasteiger partial charge on any atom is 0.136 e. The Labute approximate surface area is 87.6 Å². The van der Waals surface area contributed by atoms with E-state index in [1.54, 1.807) is 12.1 Å². The van der Waals surface area contributed by atoms with Gasteiger partial charge in [-0.3, -0.25) is 0 Å². The van der Waals surface area contributed by atoms with Gasteiger partial charge in [0.25, 0.3) is 0 Å². The monoisotopic (exact) mass is 214 g/mol. The molecule has 0 aromatic heterocycles. The third kappa shape index (κ3) is 3.87. The molecule has 1 rings (SSSR count). The summed E-state index contributed by atoms with van der Waals surface area (Å²) in [5, 5.41) is 0. The van der Waals surface area contributed by atoms with Crippen molar-refractivity contribution in [3.63, 3.8) is 0 Å². The predicted molar refractivity (Wildman–Crippen MR) is 60.1 cm³/mol. The fraction of sp³-hybridized carbons (Fsp3) is 0.200. The van der Waals surface area contributed by atoms with Crippen molar-refractivity contribution in [2.24, 2.45) is 0 Å². The quantitative estimate of drug-likeness (QED) is 0.455. The van der Waals surface area contributed by atoms with Gasteiger partial charge in [0.1, 0.15) is 5.82 Å². The van der Waals surface area contributed by atoms with Gasteiger partial charge in [0.2, 0.25) is 0 Å². The maximum atomic E-state index is 13.0. The van der Waals surface area contributed by atoms with Gasteiger partial charge in [-0.25, -0.2) is 4.39 Å². The normalized spacial score (nSPS) is 10.9. The van der Waals surface area contributed by atoms with E-state index in [9.17, 15) is 4.39 Å². The van der Waals surface area contributed by atoms with Gasteiger partial charge in [-0.1, -0.05) is 24.3 Å². The summed E-state index contributed by atoms with van der Waals surface area (Å²) in [7, 11) is 0. The highest BCUT2D eigenvalue weighted by atomic mass is 32.2. The highest BCUT2D eigenvalue weighted by Gasteiger charge is 1.98. The average Bonchev–Trinajstić information content (AvgIpc) is 2.15. The summed E-state index contributed by atoms with van der Waals surface area (Å²) in [6.45, 7) is 0. The third-order valence-corrected chi connectivity index (χ3v) is 2.66. The molecule has 13 heavy (non-hydrogen) atoms. The zero-order valence-electron chi connectivity index (χ0n) is 7.11. The smallest absolute Gasteiger partial charge is 0.136 e. The van der Waals surface area contributed by atoms with Crippen LogP contribution >= 0.6 is 24.4 Å². The van der Waals surface area contributed by atoms with Gasteiger partial charge >= 0.3 is 0 Å². The lowest BCUT2D eigenvalue weighted by molar-refractivity contribution is 0.602. The largest absolute Gasteiger partial charge is 0.206 e. The summed E-state index contributed by atoms with van der Waals surface area (Å²) in [6, 6.07) is 6.80. The van der Waals surface area contributed by atoms with Crippen LogP contribution in [0.2, 0.25) is 0 Å². The standard InChI is InChI=1S/C10H11FS2/c11-9-5-1-2-6-10(9)13-8-4-3-7-12/h1-6,12H,7-8H2. The molecule has 3 heteroatoms. The molecule has 0 nitrogen and oxygen atoms in total. The van der Waals surface area contributed by atoms with E-state index in [0.717, 1.165) is 11.5 Å². The van der Waals surface area contributed by atoms with Crippen LogP contribution < -0.4 is 0 Å². The van der Waals surface area contributed by atoms with Crippen LogP contribution in [0.1, 0.15) is 0 Å². The van der Waals surface area contributed by atoms with E-state index in [0.29, 0.717) is 4.90 Å². The molecular weight excluding hydrogens is 203 g/mol. The Hall–Kier alpha value is -0.410. The molecule has 1 aromatic rings. The highest BCUT2D eigenvalue weighted by molar-refractivity contribution is 7.99. The summed E-state index contributed by atoms with van der Waals surface area (Å²) in [5.74, 6) is 1.38. The fourth-order valence-electron chi connectivity index (χ4n) is 0.842. The maximum absolute atomic E-state index is 13.0. The lowest BCUT2D eigenvalue weighted by Gasteiger charge is -1.98. The topological polar surface area (TPSA) is 0 Å². The molecule has 0 unspecified atom stereocenters. The lowest BCUT2D eigenvalue weighted by Crippen LogP contribution is -1.80. The Balaban J connectivity index is 2.45. The van der Waals surface area contributed by atoms with Crippen molar-refractivity contribution in [1.82, 2.24) is 0 Å². The molecule has 70 valence electrons. The summed E-state index contributed by atoms with van der Waals surface area (Å²) in [5.41, 5.74) is 0. The molecule has 1 aromatic carbocycles. The van der Waals surface area contributed by atoms with Crippen LogP contribution in [0, 0.1) is 5.82 Å². The number of benzene rings is 1. The van der Waals surface area contributed by atoms with Crippen LogP contribution in [-0.2, 0) is 0 Å². The molecule has 0 bridgehead atoms. The summed E-state index contributed by atoms with van der Waals surface area (Å²) < 4.78 is 13.0. The first kappa shape index (κ1) is 10.7. The molecule has 0 aliphatic rings. The van der Waals surface area contributed by atoms with Gasteiger partial charge in [-0.05, 0) is 12.1 Å². The zero-order chi connectivity index (χ0) is 9.52. The molecule has 0 atom stereocenters. The minimum absolute atomic E-state index is 0.147. The molecule has 0 N–H and O–H groups in total. The van der Waals surface area contributed by atoms with Gasteiger partial charge in [0.05, 0.1) is 0 Å². The first-order chi connectivity index (χ1) is 6.34. The fourth-order valence-corrected chi connectivity index (χ4v) is 1.78. The Bertz CT molecular complexity index is 284. The van der Waals surface area contributed by atoms with Crippen molar-refractivity contribution in [3.8, 4) is 0 Å². The molecule has 0 aliphatic carbocycles. The van der Waals surface area contributed by atoms with Gasteiger partial charge in [-0.15, -0.1) is 11.8 Å². The van der Waals surface area contributed by atoms with Gasteiger partial charge in [-0.2, -0.15) is 12.6 Å². The van der Waals surface area contributed by atoms with Crippen LogP contribution in [0.15, 0.2) is 41.3 Å². The highest BCUT2D eigenvalue weighted by Crippen LogP contribution is 2.20. The minimum atomic E-state index is -0.147. The van der Waals surface area contributed by atoms with E-state index in [2.05, 4.69) is 12.6 Å². The lowest BCUT2D eigenvalue weighted by atomic mass is 10.3. The van der Waals surface area contributed by atoms with Gasteiger partial charge in [0, 0.05) is 16.4 Å².